The summed E-state index contributed by atoms with van der Waals surface area (Å²) in [6.07, 6.45) is -1.88. The van der Waals surface area contributed by atoms with Crippen molar-refractivity contribution in [3.05, 3.63) is 70.3 Å². The summed E-state index contributed by atoms with van der Waals surface area (Å²) in [4.78, 5) is 4.08. The van der Waals surface area contributed by atoms with E-state index < -0.39 is 12.7 Å². The molecule has 3 aliphatic rings. The lowest BCUT2D eigenvalue weighted by molar-refractivity contribution is -0.147. The highest BCUT2D eigenvalue weighted by Crippen LogP contribution is 2.45. The highest BCUT2D eigenvalue weighted by Gasteiger charge is 2.44. The van der Waals surface area contributed by atoms with Gasteiger partial charge in [0.25, 0.3) is 0 Å². The van der Waals surface area contributed by atoms with Gasteiger partial charge in [0.05, 0.1) is 6.54 Å². The first-order valence-electron chi connectivity index (χ1n) is 11.8. The summed E-state index contributed by atoms with van der Waals surface area (Å²) in [5.74, 6) is 2.74. The first-order chi connectivity index (χ1) is 15.2. The van der Waals surface area contributed by atoms with Crippen molar-refractivity contribution >= 4 is 0 Å². The van der Waals surface area contributed by atoms with Crippen molar-refractivity contribution in [1.82, 2.24) is 9.80 Å². The lowest BCUT2D eigenvalue weighted by atomic mass is 9.98. The van der Waals surface area contributed by atoms with E-state index in [2.05, 4.69) is 43.0 Å². The first-order valence-corrected chi connectivity index (χ1v) is 11.8. The maximum Gasteiger partial charge on any atom is 0.401 e. The van der Waals surface area contributed by atoms with Crippen LogP contribution in [0.3, 0.4) is 0 Å². The highest BCUT2D eigenvalue weighted by atomic mass is 19.4. The molecule has 2 nitrogen and oxygen atoms in total. The van der Waals surface area contributed by atoms with Crippen molar-refractivity contribution in [3.63, 3.8) is 0 Å². The van der Waals surface area contributed by atoms with Crippen LogP contribution in [0.5, 0.6) is 0 Å². The molecular formula is C27H35F3N2. The Morgan fingerprint density at radius 2 is 1.72 bits per heavy atom. The van der Waals surface area contributed by atoms with Gasteiger partial charge in [-0.15, -0.1) is 0 Å². The van der Waals surface area contributed by atoms with Crippen LogP contribution in [0.15, 0.2) is 42.5 Å². The molecular weight excluding hydrogens is 409 g/mol. The van der Waals surface area contributed by atoms with Crippen LogP contribution in [-0.2, 0) is 19.5 Å². The second kappa shape index (κ2) is 9.56. The summed E-state index contributed by atoms with van der Waals surface area (Å²) in [7, 11) is 0. The van der Waals surface area contributed by atoms with Crippen LogP contribution in [0.4, 0.5) is 13.2 Å². The largest absolute Gasteiger partial charge is 0.401 e. The molecule has 2 aromatic carbocycles. The number of aryl methyl sites for hydroxylation is 1. The van der Waals surface area contributed by atoms with E-state index in [0.717, 1.165) is 29.5 Å². The van der Waals surface area contributed by atoms with Crippen molar-refractivity contribution in [1.29, 1.82) is 0 Å². The van der Waals surface area contributed by atoms with Crippen molar-refractivity contribution in [2.24, 2.45) is 11.8 Å². The van der Waals surface area contributed by atoms with Crippen molar-refractivity contribution in [3.8, 4) is 0 Å². The Hall–Kier alpha value is -1.85. The van der Waals surface area contributed by atoms with E-state index in [0.29, 0.717) is 25.4 Å². The van der Waals surface area contributed by atoms with Gasteiger partial charge in [-0.05, 0) is 59.8 Å². The number of halogens is 3. The van der Waals surface area contributed by atoms with Crippen molar-refractivity contribution in [2.75, 3.05) is 26.2 Å². The molecule has 0 spiro atoms. The predicted octanol–water partition coefficient (Wildman–Crippen LogP) is 6.18. The minimum atomic E-state index is -4.10. The third kappa shape index (κ3) is 6.35. The van der Waals surface area contributed by atoms with Gasteiger partial charge in [-0.3, -0.25) is 9.80 Å². The fourth-order valence-corrected chi connectivity index (χ4v) is 5.07. The van der Waals surface area contributed by atoms with Crippen LogP contribution in [0.2, 0.25) is 0 Å². The second-order valence-electron chi connectivity index (χ2n) is 10.2. The molecule has 2 heterocycles. The fraction of sp³-hybridized carbons (Fsp3) is 0.556. The summed E-state index contributed by atoms with van der Waals surface area (Å²) in [6, 6.07) is 15.1. The number of nitrogens with zero attached hydrogens (tertiary/aromatic N) is 2. The van der Waals surface area contributed by atoms with Gasteiger partial charge in [0.2, 0.25) is 0 Å². The molecule has 32 heavy (non-hydrogen) atoms. The Morgan fingerprint density at radius 1 is 0.969 bits per heavy atom. The summed E-state index contributed by atoms with van der Waals surface area (Å²) in [5.41, 5.74) is 6.29. The van der Waals surface area contributed by atoms with E-state index in [9.17, 15) is 13.2 Å². The van der Waals surface area contributed by atoms with E-state index in [1.54, 1.807) is 0 Å². The molecule has 0 amide bonds. The van der Waals surface area contributed by atoms with Crippen LogP contribution in [-0.4, -0.2) is 42.2 Å². The normalized spacial score (nSPS) is 22.8. The molecule has 2 fully saturated rings. The zero-order chi connectivity index (χ0) is 22.9. The predicted molar refractivity (Wildman–Crippen MR) is 124 cm³/mol. The van der Waals surface area contributed by atoms with Crippen LogP contribution in [0, 0.1) is 18.8 Å². The molecule has 2 aliphatic heterocycles. The Labute approximate surface area is 190 Å². The minimum Gasteiger partial charge on any atom is -0.299 e. The van der Waals surface area contributed by atoms with E-state index in [1.807, 2.05) is 25.1 Å². The summed E-state index contributed by atoms with van der Waals surface area (Å²) in [5, 5.41) is 0. The topological polar surface area (TPSA) is 6.48 Å². The van der Waals surface area contributed by atoms with Gasteiger partial charge < -0.3 is 0 Å². The van der Waals surface area contributed by atoms with Crippen LogP contribution in [0.1, 0.15) is 54.0 Å². The molecule has 2 unspecified atom stereocenters. The number of hydrogen-bond acceptors (Lipinski definition) is 2. The van der Waals surface area contributed by atoms with Gasteiger partial charge in [-0.25, -0.2) is 0 Å². The maximum atomic E-state index is 12.3. The minimum absolute atomic E-state index is 0.413. The molecule has 2 atom stereocenters. The highest BCUT2D eigenvalue weighted by molar-refractivity contribution is 5.33. The smallest absolute Gasteiger partial charge is 0.299 e. The van der Waals surface area contributed by atoms with Gasteiger partial charge in [0.15, 0.2) is 0 Å². The standard InChI is InChI=1S/C15H21N.C12H14F3N/c1-11(2)13-5-3-4-12(6-13)8-16-9-14-7-15(14)10-16;1-9-2-3-10-4-5-16(7-11(10)6-9)8-12(13,14)15/h3-6,11,14-15H,7-10H2,1-2H3;2-3,6H,4-5,7-8H2,1H3. The number of hydrogen-bond donors (Lipinski definition) is 0. The Bertz CT molecular complexity index is 911. The second-order valence-corrected chi connectivity index (χ2v) is 10.2. The van der Waals surface area contributed by atoms with Crippen LogP contribution < -0.4 is 0 Å². The molecule has 0 bridgehead atoms. The molecule has 1 saturated heterocycles. The first kappa shape index (κ1) is 23.3. The van der Waals surface area contributed by atoms with Gasteiger partial charge in [0, 0.05) is 32.7 Å². The van der Waals surface area contributed by atoms with Gasteiger partial charge >= 0.3 is 6.18 Å². The quantitative estimate of drug-likeness (QED) is 0.556. The number of piperidine rings is 1. The van der Waals surface area contributed by atoms with Crippen LogP contribution in [0.25, 0.3) is 0 Å². The number of alkyl halides is 3. The lowest BCUT2D eigenvalue weighted by Gasteiger charge is -2.29. The number of fused-ring (bicyclic) bond motifs is 2. The molecule has 1 aliphatic carbocycles. The Kier molecular flexibility index (Phi) is 6.97. The summed E-state index contributed by atoms with van der Waals surface area (Å²) in [6.45, 7) is 10.4. The zero-order valence-corrected chi connectivity index (χ0v) is 19.5. The molecule has 0 aromatic heterocycles. The van der Waals surface area contributed by atoms with E-state index in [1.165, 1.54) is 41.1 Å². The molecule has 1 saturated carbocycles. The third-order valence-corrected chi connectivity index (χ3v) is 6.93. The number of rotatable bonds is 4. The van der Waals surface area contributed by atoms with Crippen molar-refractivity contribution in [2.45, 2.75) is 58.8 Å². The number of benzene rings is 2. The average molecular weight is 445 g/mol. The Balaban J connectivity index is 0.000000153. The van der Waals surface area contributed by atoms with E-state index >= 15 is 0 Å². The average Bonchev–Trinajstić information content (AvgIpc) is 3.33. The van der Waals surface area contributed by atoms with Gasteiger partial charge in [-0.1, -0.05) is 61.9 Å². The third-order valence-electron chi connectivity index (χ3n) is 6.93. The number of likely N-dealkylation sites (tertiary alicyclic amines) is 1. The van der Waals surface area contributed by atoms with Gasteiger partial charge in [-0.2, -0.15) is 13.2 Å². The summed E-state index contributed by atoms with van der Waals surface area (Å²) < 4.78 is 36.8. The maximum absolute atomic E-state index is 12.3. The SMILES string of the molecule is CC(C)c1cccc(CN2CC3CC3C2)c1.Cc1ccc2c(c1)CN(CC(F)(F)F)CC2. The molecule has 174 valence electrons. The molecule has 2 aromatic rings. The van der Waals surface area contributed by atoms with E-state index in [-0.39, 0.29) is 0 Å². The molecule has 5 heteroatoms. The molecule has 5 rings (SSSR count). The van der Waals surface area contributed by atoms with Crippen LogP contribution >= 0.6 is 0 Å². The molecule has 0 radical (unpaired) electrons. The van der Waals surface area contributed by atoms with Gasteiger partial charge in [0.1, 0.15) is 0 Å². The Morgan fingerprint density at radius 3 is 2.41 bits per heavy atom. The summed E-state index contributed by atoms with van der Waals surface area (Å²) >= 11 is 0. The monoisotopic (exact) mass is 444 g/mol. The van der Waals surface area contributed by atoms with Crippen molar-refractivity contribution < 1.29 is 13.2 Å². The lowest BCUT2D eigenvalue weighted by Crippen LogP contribution is -2.37. The van der Waals surface area contributed by atoms with E-state index in [4.69, 9.17) is 0 Å². The fourth-order valence-electron chi connectivity index (χ4n) is 5.07. The zero-order valence-electron chi connectivity index (χ0n) is 19.5. The molecule has 0 N–H and O–H groups in total.